The second kappa shape index (κ2) is 12.4. The van der Waals surface area contributed by atoms with Crippen LogP contribution >= 0.6 is 0 Å². The molecule has 0 saturated carbocycles. The van der Waals surface area contributed by atoms with Crippen LogP contribution in [0.25, 0.3) is 12.2 Å². The van der Waals surface area contributed by atoms with Gasteiger partial charge >= 0.3 is 0 Å². The summed E-state index contributed by atoms with van der Waals surface area (Å²) in [5, 5.41) is 0. The predicted octanol–water partition coefficient (Wildman–Crippen LogP) is 5.49. The second-order valence-electron chi connectivity index (χ2n) is 7.97. The first-order chi connectivity index (χ1) is 17.3. The highest BCUT2D eigenvalue weighted by Gasteiger charge is 2.01. The summed E-state index contributed by atoms with van der Waals surface area (Å²) < 4.78 is 0. The summed E-state index contributed by atoms with van der Waals surface area (Å²) in [6.07, 6.45) is 6.60. The lowest BCUT2D eigenvalue weighted by molar-refractivity contribution is 0.103. The zero-order valence-electron chi connectivity index (χ0n) is 19.7. The van der Waals surface area contributed by atoms with Crippen LogP contribution in [0.1, 0.15) is 31.8 Å². The van der Waals surface area contributed by atoms with E-state index in [-0.39, 0.29) is 11.6 Å². The van der Waals surface area contributed by atoms with E-state index in [4.69, 9.17) is 22.9 Å². The molecule has 4 aromatic carbocycles. The van der Waals surface area contributed by atoms with Crippen LogP contribution in [0, 0.1) is 0 Å². The van der Waals surface area contributed by atoms with Crippen molar-refractivity contribution in [3.8, 4) is 0 Å². The monoisotopic (exact) mass is 476 g/mol. The van der Waals surface area contributed by atoms with Crippen molar-refractivity contribution in [1.29, 1.82) is 0 Å². The van der Waals surface area contributed by atoms with Gasteiger partial charge in [0.2, 0.25) is 0 Å². The number of rotatable bonds is 6. The van der Waals surface area contributed by atoms with E-state index in [1.165, 1.54) is 12.2 Å². The normalized spacial score (nSPS) is 10.7. The summed E-state index contributed by atoms with van der Waals surface area (Å²) in [5.74, 6) is -0.0985. The van der Waals surface area contributed by atoms with Crippen molar-refractivity contribution in [3.63, 3.8) is 0 Å². The molecular weight excluding hydrogens is 448 g/mol. The highest BCUT2D eigenvalue weighted by molar-refractivity contribution is 6.07. The molecule has 0 aliphatic rings. The molecular formula is C30H28N4O2. The molecule has 36 heavy (non-hydrogen) atoms. The van der Waals surface area contributed by atoms with E-state index in [9.17, 15) is 9.59 Å². The van der Waals surface area contributed by atoms with E-state index in [1.54, 1.807) is 84.9 Å². The Morgan fingerprint density at radius 3 is 0.944 bits per heavy atom. The number of carbonyl (C=O) groups excluding carboxylic acids is 2. The first-order valence-electron chi connectivity index (χ1n) is 11.2. The van der Waals surface area contributed by atoms with Gasteiger partial charge in [-0.3, -0.25) is 9.59 Å². The van der Waals surface area contributed by atoms with Gasteiger partial charge < -0.3 is 22.9 Å². The fraction of sp³-hybridized carbons (Fsp3) is 0. The SMILES string of the molecule is Nc1ccc(C=CC(=O)c2ccc(N)cc2)cc1.Nc1ccc(C=CC(=O)c2ccc(N)cc2)cc1. The number of nitrogen functional groups attached to an aromatic ring is 4. The summed E-state index contributed by atoms with van der Waals surface area (Å²) in [6, 6.07) is 28.4. The Kier molecular flexibility index (Phi) is 8.78. The van der Waals surface area contributed by atoms with E-state index in [0.29, 0.717) is 33.9 Å². The lowest BCUT2D eigenvalue weighted by Crippen LogP contribution is -1.94. The summed E-state index contributed by atoms with van der Waals surface area (Å²) in [4.78, 5) is 23.7. The van der Waals surface area contributed by atoms with E-state index < -0.39 is 0 Å². The van der Waals surface area contributed by atoms with Crippen molar-refractivity contribution in [2.45, 2.75) is 0 Å². The van der Waals surface area contributed by atoms with Crippen LogP contribution < -0.4 is 22.9 Å². The van der Waals surface area contributed by atoms with Crippen LogP contribution in [-0.4, -0.2) is 11.6 Å². The number of hydrogen-bond acceptors (Lipinski definition) is 6. The molecule has 6 heteroatoms. The minimum absolute atomic E-state index is 0.0492. The van der Waals surface area contributed by atoms with Crippen molar-refractivity contribution in [2.24, 2.45) is 0 Å². The van der Waals surface area contributed by atoms with Crippen molar-refractivity contribution < 1.29 is 9.59 Å². The minimum atomic E-state index is -0.0492. The summed E-state index contributed by atoms with van der Waals surface area (Å²) in [6.45, 7) is 0. The third kappa shape index (κ3) is 8.04. The number of hydrogen-bond donors (Lipinski definition) is 4. The maximum atomic E-state index is 11.8. The Morgan fingerprint density at radius 2 is 0.667 bits per heavy atom. The second-order valence-corrected chi connectivity index (χ2v) is 7.97. The van der Waals surface area contributed by atoms with Crippen molar-refractivity contribution in [3.05, 3.63) is 131 Å². The molecule has 4 aromatic rings. The Labute approximate surface area is 210 Å². The third-order valence-electron chi connectivity index (χ3n) is 5.12. The van der Waals surface area contributed by atoms with Gasteiger partial charge in [0.15, 0.2) is 11.6 Å². The lowest BCUT2D eigenvalue weighted by Gasteiger charge is -1.97. The Hall–Kier alpha value is -5.10. The van der Waals surface area contributed by atoms with Gasteiger partial charge in [-0.2, -0.15) is 0 Å². The molecule has 0 atom stereocenters. The highest BCUT2D eigenvalue weighted by atomic mass is 16.1. The highest BCUT2D eigenvalue weighted by Crippen LogP contribution is 2.11. The molecule has 0 radical (unpaired) electrons. The average Bonchev–Trinajstić information content (AvgIpc) is 2.89. The molecule has 0 spiro atoms. The van der Waals surface area contributed by atoms with Crippen molar-refractivity contribution >= 4 is 46.5 Å². The molecule has 0 aromatic heterocycles. The Morgan fingerprint density at radius 1 is 0.417 bits per heavy atom. The number of anilines is 4. The quantitative estimate of drug-likeness (QED) is 0.165. The Balaban J connectivity index is 0.000000201. The molecule has 0 unspecified atom stereocenters. The summed E-state index contributed by atoms with van der Waals surface area (Å²) in [7, 11) is 0. The molecule has 0 aliphatic carbocycles. The first kappa shape index (κ1) is 25.5. The van der Waals surface area contributed by atoms with E-state index in [2.05, 4.69) is 0 Å². The van der Waals surface area contributed by atoms with E-state index in [0.717, 1.165) is 11.1 Å². The molecule has 0 heterocycles. The van der Waals surface area contributed by atoms with E-state index in [1.807, 2.05) is 24.3 Å². The van der Waals surface area contributed by atoms with Crippen molar-refractivity contribution in [1.82, 2.24) is 0 Å². The third-order valence-corrected chi connectivity index (χ3v) is 5.12. The molecule has 180 valence electrons. The van der Waals surface area contributed by atoms with Gasteiger partial charge in [-0.05, 0) is 96.1 Å². The fourth-order valence-electron chi connectivity index (χ4n) is 3.05. The Bertz CT molecular complexity index is 1250. The molecule has 4 rings (SSSR count). The molecule has 0 saturated heterocycles. The van der Waals surface area contributed by atoms with Gasteiger partial charge in [0.1, 0.15) is 0 Å². The van der Waals surface area contributed by atoms with Gasteiger partial charge in [-0.15, -0.1) is 0 Å². The first-order valence-corrected chi connectivity index (χ1v) is 11.2. The fourth-order valence-corrected chi connectivity index (χ4v) is 3.05. The van der Waals surface area contributed by atoms with Gasteiger partial charge in [0.05, 0.1) is 0 Å². The van der Waals surface area contributed by atoms with Crippen LogP contribution in [0.5, 0.6) is 0 Å². The summed E-state index contributed by atoms with van der Waals surface area (Å²) in [5.41, 5.74) is 28.1. The maximum absolute atomic E-state index is 11.8. The zero-order valence-corrected chi connectivity index (χ0v) is 19.7. The zero-order chi connectivity index (χ0) is 25.9. The van der Waals surface area contributed by atoms with E-state index >= 15 is 0 Å². The van der Waals surface area contributed by atoms with Gasteiger partial charge in [0, 0.05) is 33.9 Å². The molecule has 8 N–H and O–H groups in total. The molecule has 0 aliphatic heterocycles. The molecule has 0 amide bonds. The van der Waals surface area contributed by atoms with Crippen LogP contribution in [0.4, 0.5) is 22.7 Å². The summed E-state index contributed by atoms with van der Waals surface area (Å²) >= 11 is 0. The minimum Gasteiger partial charge on any atom is -0.399 e. The molecule has 0 bridgehead atoms. The smallest absolute Gasteiger partial charge is 0.185 e. The molecule has 6 nitrogen and oxygen atoms in total. The molecule has 0 fully saturated rings. The van der Waals surface area contributed by atoms with Crippen LogP contribution in [0.3, 0.4) is 0 Å². The van der Waals surface area contributed by atoms with Crippen LogP contribution in [0.2, 0.25) is 0 Å². The predicted molar refractivity (Wildman–Crippen MR) is 150 cm³/mol. The van der Waals surface area contributed by atoms with Gasteiger partial charge in [-0.25, -0.2) is 0 Å². The number of carbonyl (C=O) groups is 2. The standard InChI is InChI=1S/2C15H14N2O/c2*16-13-6-1-11(2-7-13)3-10-15(18)12-4-8-14(17)9-5-12/h2*1-10H,16-17H2. The van der Waals surface area contributed by atoms with Crippen LogP contribution in [-0.2, 0) is 0 Å². The van der Waals surface area contributed by atoms with Crippen molar-refractivity contribution in [2.75, 3.05) is 22.9 Å². The maximum Gasteiger partial charge on any atom is 0.185 e. The number of allylic oxidation sites excluding steroid dienone is 2. The topological polar surface area (TPSA) is 138 Å². The lowest BCUT2D eigenvalue weighted by atomic mass is 10.1. The number of ketones is 2. The average molecular weight is 477 g/mol. The van der Waals surface area contributed by atoms with Crippen LogP contribution in [0.15, 0.2) is 109 Å². The number of nitrogens with two attached hydrogens (primary N) is 4. The van der Waals surface area contributed by atoms with Gasteiger partial charge in [0.25, 0.3) is 0 Å². The number of benzene rings is 4. The largest absolute Gasteiger partial charge is 0.399 e. The van der Waals surface area contributed by atoms with Gasteiger partial charge in [-0.1, -0.05) is 36.4 Å².